The summed E-state index contributed by atoms with van der Waals surface area (Å²) in [6.45, 7) is 2.42. The first-order valence-electron chi connectivity index (χ1n) is 8.53. The summed E-state index contributed by atoms with van der Waals surface area (Å²) < 4.78 is 1.52. The number of aryl methyl sites for hydroxylation is 1. The number of aromatic nitrogens is 2. The number of hydrogen-bond donors (Lipinski definition) is 1. The molecule has 2 aliphatic carbocycles. The van der Waals surface area contributed by atoms with Crippen molar-refractivity contribution >= 4 is 16.9 Å². The Labute approximate surface area is 140 Å². The second kappa shape index (κ2) is 5.89. The molecule has 24 heavy (non-hydrogen) atoms. The smallest absolute Gasteiger partial charge is 0.272 e. The zero-order valence-electron chi connectivity index (χ0n) is 13.7. The number of rotatable bonds is 4. The summed E-state index contributed by atoms with van der Waals surface area (Å²) in [5, 5.41) is 3.02. The van der Waals surface area contributed by atoms with Gasteiger partial charge < -0.3 is 5.32 Å². The van der Waals surface area contributed by atoms with Gasteiger partial charge >= 0.3 is 0 Å². The van der Waals surface area contributed by atoms with Crippen molar-refractivity contribution in [3.8, 4) is 0 Å². The van der Waals surface area contributed by atoms with Gasteiger partial charge in [-0.2, -0.15) is 0 Å². The molecule has 1 aromatic heterocycles. The van der Waals surface area contributed by atoms with E-state index in [0.717, 1.165) is 5.52 Å². The zero-order chi connectivity index (χ0) is 16.7. The van der Waals surface area contributed by atoms with E-state index in [1.165, 1.54) is 17.4 Å². The van der Waals surface area contributed by atoms with Crippen LogP contribution in [0.2, 0.25) is 0 Å². The third-order valence-corrected chi connectivity index (χ3v) is 5.29. The molecule has 124 valence electrons. The molecule has 0 radical (unpaired) electrons. The topological polar surface area (TPSA) is 64.0 Å². The molecule has 4 rings (SSSR count). The maximum atomic E-state index is 12.4. The van der Waals surface area contributed by atoms with E-state index in [1.54, 1.807) is 6.92 Å². The molecule has 0 spiro atoms. The Hall–Kier alpha value is -2.43. The molecule has 1 amide bonds. The highest BCUT2D eigenvalue weighted by Gasteiger charge is 2.35. The summed E-state index contributed by atoms with van der Waals surface area (Å²) in [6.07, 6.45) is 6.98. The van der Waals surface area contributed by atoms with Gasteiger partial charge in [-0.1, -0.05) is 24.3 Å². The van der Waals surface area contributed by atoms with E-state index >= 15 is 0 Å². The van der Waals surface area contributed by atoms with Crippen LogP contribution in [0.15, 0.2) is 41.2 Å². The number of allylic oxidation sites excluding steroid dienone is 2. The molecule has 0 saturated heterocycles. The number of carbonyl (C=O) groups is 1. The summed E-state index contributed by atoms with van der Waals surface area (Å²) in [4.78, 5) is 29.1. The summed E-state index contributed by atoms with van der Waals surface area (Å²) in [6, 6.07) is 7.43. The van der Waals surface area contributed by atoms with Gasteiger partial charge in [0.25, 0.3) is 5.56 Å². The predicted octanol–water partition coefficient (Wildman–Crippen LogP) is 2.03. The number of nitrogens with one attached hydrogen (secondary N) is 1. The summed E-state index contributed by atoms with van der Waals surface area (Å²) >= 11 is 0. The Balaban J connectivity index is 1.49. The summed E-state index contributed by atoms with van der Waals surface area (Å²) in [5.41, 5.74) is 1.65. The van der Waals surface area contributed by atoms with Crippen molar-refractivity contribution in [3.63, 3.8) is 0 Å². The molecule has 2 aromatic rings. The first-order chi connectivity index (χ1) is 11.6. The number of benzene rings is 1. The zero-order valence-corrected chi connectivity index (χ0v) is 13.7. The Morgan fingerprint density at radius 3 is 2.88 bits per heavy atom. The van der Waals surface area contributed by atoms with Crippen LogP contribution in [-0.2, 0) is 11.3 Å². The maximum Gasteiger partial charge on any atom is 0.272 e. The van der Waals surface area contributed by atoms with Crippen molar-refractivity contribution in [2.24, 2.45) is 17.8 Å². The van der Waals surface area contributed by atoms with Crippen LogP contribution in [-0.4, -0.2) is 22.0 Å². The minimum atomic E-state index is -0.202. The fourth-order valence-corrected chi connectivity index (χ4v) is 4.05. The van der Waals surface area contributed by atoms with Gasteiger partial charge in [0.05, 0.1) is 11.0 Å². The van der Waals surface area contributed by atoms with Gasteiger partial charge in [0.2, 0.25) is 5.91 Å². The van der Waals surface area contributed by atoms with Crippen LogP contribution < -0.4 is 10.9 Å². The molecule has 5 nitrogen and oxygen atoms in total. The lowest BCUT2D eigenvalue weighted by Crippen LogP contribution is -2.36. The Morgan fingerprint density at radius 1 is 1.29 bits per heavy atom. The van der Waals surface area contributed by atoms with Gasteiger partial charge in [-0.05, 0) is 49.7 Å². The second-order valence-electron chi connectivity index (χ2n) is 6.92. The lowest BCUT2D eigenvalue weighted by atomic mass is 9.94. The number of nitrogens with zero attached hydrogens (tertiary/aromatic N) is 2. The van der Waals surface area contributed by atoms with E-state index in [4.69, 9.17) is 0 Å². The van der Waals surface area contributed by atoms with E-state index in [9.17, 15) is 9.59 Å². The quantitative estimate of drug-likeness (QED) is 0.876. The van der Waals surface area contributed by atoms with Crippen molar-refractivity contribution in [2.75, 3.05) is 6.54 Å². The standard InChI is InChI=1S/C19H21N3O2/c1-12-19(24)22(17-5-3-2-4-16(17)21-12)11-18(23)20-10-15-9-13-6-7-14(15)8-13/h2-7,13-15H,8-11H2,1H3,(H,20,23). The number of carbonyl (C=O) groups excluding carboxylic acids is 1. The Bertz CT molecular complexity index is 884. The molecule has 1 saturated carbocycles. The van der Waals surface area contributed by atoms with Crippen molar-refractivity contribution in [1.82, 2.24) is 14.9 Å². The molecule has 1 fully saturated rings. The number of para-hydroxylation sites is 2. The first kappa shape index (κ1) is 15.1. The summed E-state index contributed by atoms with van der Waals surface area (Å²) in [5.74, 6) is 1.74. The molecule has 0 aliphatic heterocycles. The average Bonchev–Trinajstić information content (AvgIpc) is 3.20. The van der Waals surface area contributed by atoms with E-state index in [1.807, 2.05) is 24.3 Å². The van der Waals surface area contributed by atoms with Gasteiger partial charge in [-0.3, -0.25) is 14.2 Å². The van der Waals surface area contributed by atoms with Crippen LogP contribution in [0.4, 0.5) is 0 Å². The van der Waals surface area contributed by atoms with Crippen LogP contribution in [0.5, 0.6) is 0 Å². The van der Waals surface area contributed by atoms with Crippen molar-refractivity contribution in [1.29, 1.82) is 0 Å². The van der Waals surface area contributed by atoms with E-state index in [-0.39, 0.29) is 18.0 Å². The lowest BCUT2D eigenvalue weighted by molar-refractivity contribution is -0.121. The number of fused-ring (bicyclic) bond motifs is 3. The molecule has 2 aliphatic rings. The van der Waals surface area contributed by atoms with Crippen molar-refractivity contribution in [2.45, 2.75) is 26.3 Å². The molecule has 5 heteroatoms. The van der Waals surface area contributed by atoms with Gasteiger partial charge in [-0.25, -0.2) is 4.98 Å². The van der Waals surface area contributed by atoms with Gasteiger partial charge in [0.1, 0.15) is 12.2 Å². The number of hydrogen-bond acceptors (Lipinski definition) is 3. The fourth-order valence-electron chi connectivity index (χ4n) is 4.05. The van der Waals surface area contributed by atoms with Gasteiger partial charge in [0, 0.05) is 6.54 Å². The predicted molar refractivity (Wildman–Crippen MR) is 92.6 cm³/mol. The first-order valence-corrected chi connectivity index (χ1v) is 8.53. The maximum absolute atomic E-state index is 12.4. The molecule has 1 heterocycles. The van der Waals surface area contributed by atoms with Crippen LogP contribution in [0, 0.1) is 24.7 Å². The molecule has 1 aromatic carbocycles. The van der Waals surface area contributed by atoms with Crippen LogP contribution >= 0.6 is 0 Å². The molecule has 1 N–H and O–H groups in total. The molecular weight excluding hydrogens is 302 g/mol. The lowest BCUT2D eigenvalue weighted by Gasteiger charge is -2.19. The van der Waals surface area contributed by atoms with Gasteiger partial charge in [-0.15, -0.1) is 0 Å². The second-order valence-corrected chi connectivity index (χ2v) is 6.92. The van der Waals surface area contributed by atoms with E-state index < -0.39 is 0 Å². The minimum absolute atomic E-state index is 0.0410. The largest absolute Gasteiger partial charge is 0.354 e. The van der Waals surface area contributed by atoms with E-state index in [0.29, 0.717) is 35.5 Å². The monoisotopic (exact) mass is 323 g/mol. The summed E-state index contributed by atoms with van der Waals surface area (Å²) in [7, 11) is 0. The third-order valence-electron chi connectivity index (χ3n) is 5.29. The van der Waals surface area contributed by atoms with Crippen LogP contribution in [0.25, 0.3) is 11.0 Å². The highest BCUT2D eigenvalue weighted by atomic mass is 16.2. The van der Waals surface area contributed by atoms with Crippen molar-refractivity contribution in [3.05, 3.63) is 52.5 Å². The molecular formula is C19H21N3O2. The van der Waals surface area contributed by atoms with Gasteiger partial charge in [0.15, 0.2) is 0 Å². The van der Waals surface area contributed by atoms with Crippen molar-refractivity contribution < 1.29 is 4.79 Å². The minimum Gasteiger partial charge on any atom is -0.354 e. The average molecular weight is 323 g/mol. The third kappa shape index (κ3) is 2.64. The highest BCUT2D eigenvalue weighted by molar-refractivity contribution is 5.80. The fraction of sp³-hybridized carbons (Fsp3) is 0.421. The molecule has 2 bridgehead atoms. The van der Waals surface area contributed by atoms with E-state index in [2.05, 4.69) is 22.5 Å². The SMILES string of the molecule is Cc1nc2ccccc2n(CC(=O)NCC2CC3C=CC2C3)c1=O. The molecule has 3 unspecified atom stereocenters. The Morgan fingerprint density at radius 2 is 2.12 bits per heavy atom. The molecule has 3 atom stereocenters. The Kier molecular flexibility index (Phi) is 3.71. The normalized spacial score (nSPS) is 24.6. The number of amides is 1. The van der Waals surface area contributed by atoms with Crippen LogP contribution in [0.3, 0.4) is 0 Å². The highest BCUT2D eigenvalue weighted by Crippen LogP contribution is 2.42. The van der Waals surface area contributed by atoms with Crippen LogP contribution in [0.1, 0.15) is 18.5 Å².